The number of unbranched alkanes of at least 4 members (excludes halogenated alkanes) is 1. The number of pyridine rings is 1. The maximum absolute atomic E-state index is 10.8. The van der Waals surface area contributed by atoms with Crippen LogP contribution in [0.3, 0.4) is 0 Å². The van der Waals surface area contributed by atoms with E-state index in [4.69, 9.17) is 10.4 Å². The third-order valence-electron chi connectivity index (χ3n) is 4.30. The zero-order valence-electron chi connectivity index (χ0n) is 18.2. The molecule has 0 aliphatic rings. The summed E-state index contributed by atoms with van der Waals surface area (Å²) in [5.41, 5.74) is 3.71. The lowest BCUT2D eigenvalue weighted by atomic mass is 9.97. The number of nitrogens with zero attached hydrogens (tertiary/aromatic N) is 3. The van der Waals surface area contributed by atoms with Crippen molar-refractivity contribution < 1.29 is 9.90 Å². The third kappa shape index (κ3) is 8.84. The molecule has 0 spiro atoms. The van der Waals surface area contributed by atoms with Gasteiger partial charge in [0, 0.05) is 36.2 Å². The highest BCUT2D eigenvalue weighted by molar-refractivity contribution is 6.76. The largest absolute Gasteiger partial charge is 0.481 e. The molecule has 0 aliphatic carbocycles. The molecule has 0 unspecified atom stereocenters. The highest BCUT2D eigenvalue weighted by Crippen LogP contribution is 2.26. The number of aliphatic carboxylic acids is 1. The van der Waals surface area contributed by atoms with Crippen LogP contribution >= 0.6 is 0 Å². The molecule has 0 amide bonds. The van der Waals surface area contributed by atoms with E-state index in [1.807, 2.05) is 48.7 Å². The second kappa shape index (κ2) is 11.7. The Balaban J connectivity index is 2.27. The maximum Gasteiger partial charge on any atom is 0.303 e. The van der Waals surface area contributed by atoms with E-state index in [9.17, 15) is 4.79 Å². The summed E-state index contributed by atoms with van der Waals surface area (Å²) in [6, 6.07) is 11.7. The number of carboxylic acid groups (broad SMARTS) is 1. The summed E-state index contributed by atoms with van der Waals surface area (Å²) in [6.45, 7) is 6.71. The van der Waals surface area contributed by atoms with Gasteiger partial charge in [-0.2, -0.15) is 5.26 Å². The number of nitriles is 1. The average molecular weight is 436 g/mol. The van der Waals surface area contributed by atoms with Gasteiger partial charge in [0.2, 0.25) is 12.2 Å². The Morgan fingerprint density at radius 3 is 2.68 bits per heavy atom. The van der Waals surface area contributed by atoms with Gasteiger partial charge in [-0.15, -0.1) is 4.99 Å². The van der Waals surface area contributed by atoms with Crippen molar-refractivity contribution in [2.24, 2.45) is 4.99 Å². The van der Waals surface area contributed by atoms with Crippen LogP contribution in [0.2, 0.25) is 19.6 Å². The normalized spacial score (nSPS) is 12.2. The monoisotopic (exact) mass is 435 g/mol. The number of rotatable bonds is 9. The minimum Gasteiger partial charge on any atom is -0.481 e. The molecule has 162 valence electrons. The van der Waals surface area contributed by atoms with Crippen LogP contribution in [0, 0.1) is 11.5 Å². The first-order valence-corrected chi connectivity index (χ1v) is 13.9. The second-order valence-electron chi connectivity index (χ2n) is 8.33. The number of allylic oxidation sites excluding steroid dienone is 1. The Bertz CT molecular complexity index is 975. The van der Waals surface area contributed by atoms with E-state index in [-0.39, 0.29) is 6.42 Å². The molecule has 0 fully saturated rings. The van der Waals surface area contributed by atoms with Crippen LogP contribution in [0.25, 0.3) is 5.57 Å². The molecule has 2 aromatic rings. The molecule has 0 saturated carbocycles. The Morgan fingerprint density at radius 2 is 2.03 bits per heavy atom. The van der Waals surface area contributed by atoms with E-state index >= 15 is 0 Å². The van der Waals surface area contributed by atoms with Gasteiger partial charge in [-0.25, -0.2) is 0 Å². The molecule has 0 radical (unpaired) electrons. The van der Waals surface area contributed by atoms with E-state index in [2.05, 4.69) is 40.3 Å². The number of hydrogen-bond acceptors (Lipinski definition) is 4. The molecule has 1 aromatic heterocycles. The lowest BCUT2D eigenvalue weighted by molar-refractivity contribution is -0.137. The predicted octanol–water partition coefficient (Wildman–Crippen LogP) is 4.48. The fourth-order valence-corrected chi connectivity index (χ4v) is 3.53. The molecule has 3 N–H and O–H groups in total. The van der Waals surface area contributed by atoms with Gasteiger partial charge < -0.3 is 15.7 Å². The molecular formula is C23H29N5O2Si. The zero-order chi connectivity index (χ0) is 22.7. The molecular weight excluding hydrogens is 406 g/mol. The SMILES string of the molecule is C[Si](C)(C)CN/C(=N/C#N)Nc1cccc(/C(=C\CCCC(=O)O)c2cccnc2)c1. The van der Waals surface area contributed by atoms with Crippen LogP contribution < -0.4 is 10.6 Å². The fraction of sp³-hybridized carbons (Fsp3) is 0.304. The first-order chi connectivity index (χ1) is 14.8. The summed E-state index contributed by atoms with van der Waals surface area (Å²) in [6.07, 6.45) is 9.55. The van der Waals surface area contributed by atoms with Gasteiger partial charge in [-0.05, 0) is 42.2 Å². The zero-order valence-corrected chi connectivity index (χ0v) is 19.2. The number of guanidine groups is 1. The summed E-state index contributed by atoms with van der Waals surface area (Å²) in [5.74, 6) is -0.368. The van der Waals surface area contributed by atoms with Crippen LogP contribution in [0.5, 0.6) is 0 Å². The Morgan fingerprint density at radius 1 is 1.26 bits per heavy atom. The van der Waals surface area contributed by atoms with Crippen LogP contribution in [0.1, 0.15) is 30.4 Å². The summed E-state index contributed by atoms with van der Waals surface area (Å²) in [7, 11) is -1.37. The average Bonchev–Trinajstić information content (AvgIpc) is 2.72. The number of carbonyl (C=O) groups is 1. The number of aromatic nitrogens is 1. The lowest BCUT2D eigenvalue weighted by Gasteiger charge is -2.19. The standard InChI is InChI=1S/C23H29N5O2Si/c1-31(2,3)17-27-23(26-16-24)28-20-10-6-8-18(14-20)21(11-4-5-12-22(29)30)19-9-7-13-25-15-19/h6-11,13-15H,4-5,12,17H2,1-3H3,(H,29,30)(H2,26,27,28)/b21-11+. The number of carboxylic acids is 1. The van der Waals surface area contributed by atoms with Crippen molar-refractivity contribution in [1.82, 2.24) is 10.3 Å². The Labute approximate surface area is 184 Å². The van der Waals surface area contributed by atoms with E-state index in [1.54, 1.807) is 12.4 Å². The molecule has 0 atom stereocenters. The van der Waals surface area contributed by atoms with Crippen LogP contribution in [-0.2, 0) is 4.79 Å². The van der Waals surface area contributed by atoms with E-state index in [1.165, 1.54) is 0 Å². The molecule has 8 heteroatoms. The highest BCUT2D eigenvalue weighted by Gasteiger charge is 2.14. The second-order valence-corrected chi connectivity index (χ2v) is 13.8. The van der Waals surface area contributed by atoms with Crippen LogP contribution in [0.15, 0.2) is 59.9 Å². The number of benzene rings is 1. The molecule has 0 saturated heterocycles. The predicted molar refractivity (Wildman–Crippen MR) is 127 cm³/mol. The molecule has 7 nitrogen and oxygen atoms in total. The molecule has 2 rings (SSSR count). The Kier molecular flexibility index (Phi) is 8.97. The topological polar surface area (TPSA) is 110 Å². The van der Waals surface area contributed by atoms with Crippen molar-refractivity contribution in [3.63, 3.8) is 0 Å². The van der Waals surface area contributed by atoms with E-state index in [0.717, 1.165) is 28.6 Å². The van der Waals surface area contributed by atoms with Crippen molar-refractivity contribution in [2.45, 2.75) is 38.9 Å². The molecule has 1 heterocycles. The Hall–Kier alpha value is -3.44. The van der Waals surface area contributed by atoms with Gasteiger partial charge in [0.05, 0.1) is 8.07 Å². The van der Waals surface area contributed by atoms with Crippen LogP contribution in [-0.4, -0.2) is 36.3 Å². The lowest BCUT2D eigenvalue weighted by Crippen LogP contribution is -2.42. The van der Waals surface area contributed by atoms with Gasteiger partial charge in [0.15, 0.2) is 0 Å². The third-order valence-corrected chi connectivity index (χ3v) is 5.54. The number of nitrogens with one attached hydrogen (secondary N) is 2. The van der Waals surface area contributed by atoms with Gasteiger partial charge in [-0.3, -0.25) is 9.78 Å². The number of anilines is 1. The van der Waals surface area contributed by atoms with Crippen molar-refractivity contribution in [1.29, 1.82) is 5.26 Å². The van der Waals surface area contributed by atoms with Crippen molar-refractivity contribution in [3.05, 3.63) is 66.0 Å². The summed E-state index contributed by atoms with van der Waals surface area (Å²) < 4.78 is 0. The van der Waals surface area contributed by atoms with Crippen molar-refractivity contribution in [3.8, 4) is 6.19 Å². The number of aliphatic imine (C=N–C) groups is 1. The molecule has 0 bridgehead atoms. The number of hydrogen-bond donors (Lipinski definition) is 3. The van der Waals surface area contributed by atoms with Gasteiger partial charge in [-0.1, -0.05) is 43.9 Å². The highest BCUT2D eigenvalue weighted by atomic mass is 28.3. The minimum atomic E-state index is -1.37. The molecule has 31 heavy (non-hydrogen) atoms. The van der Waals surface area contributed by atoms with Crippen LogP contribution in [0.4, 0.5) is 5.69 Å². The quantitative estimate of drug-likeness (QED) is 0.176. The smallest absolute Gasteiger partial charge is 0.303 e. The maximum atomic E-state index is 10.8. The summed E-state index contributed by atoms with van der Waals surface area (Å²) in [5, 5.41) is 24.4. The summed E-state index contributed by atoms with van der Waals surface area (Å²) in [4.78, 5) is 18.9. The van der Waals surface area contributed by atoms with Gasteiger partial charge >= 0.3 is 5.97 Å². The minimum absolute atomic E-state index is 0.134. The van der Waals surface area contributed by atoms with Gasteiger partial charge in [0.1, 0.15) is 0 Å². The van der Waals surface area contributed by atoms with Crippen molar-refractivity contribution in [2.75, 3.05) is 11.5 Å². The first kappa shape index (κ1) is 23.8. The van der Waals surface area contributed by atoms with Crippen molar-refractivity contribution >= 4 is 31.3 Å². The first-order valence-electron chi connectivity index (χ1n) is 10.2. The van der Waals surface area contributed by atoms with Gasteiger partial charge in [0.25, 0.3) is 0 Å². The molecule has 0 aliphatic heterocycles. The van der Waals surface area contributed by atoms with E-state index in [0.29, 0.717) is 18.8 Å². The van der Waals surface area contributed by atoms with E-state index < -0.39 is 14.0 Å². The fourth-order valence-electron chi connectivity index (χ4n) is 2.84. The molecule has 1 aromatic carbocycles. The summed E-state index contributed by atoms with van der Waals surface area (Å²) >= 11 is 0.